The summed E-state index contributed by atoms with van der Waals surface area (Å²) >= 11 is 3.30. The number of allylic oxidation sites excluding steroid dienone is 1. The summed E-state index contributed by atoms with van der Waals surface area (Å²) in [6.45, 7) is 1.78. The predicted molar refractivity (Wildman–Crippen MR) is 70.7 cm³/mol. The number of aromatic nitrogens is 2. The second-order valence-electron chi connectivity index (χ2n) is 3.62. The zero-order chi connectivity index (χ0) is 13.3. The average Bonchev–Trinajstić information content (AvgIpc) is 2.72. The van der Waals surface area contributed by atoms with Gasteiger partial charge in [-0.25, -0.2) is 8.42 Å². The Morgan fingerprint density at radius 3 is 3.00 bits per heavy atom. The summed E-state index contributed by atoms with van der Waals surface area (Å²) in [5, 5.41) is 12.9. The molecule has 0 atom stereocenters. The summed E-state index contributed by atoms with van der Waals surface area (Å²) in [4.78, 5) is 0. The summed E-state index contributed by atoms with van der Waals surface area (Å²) < 4.78 is 28.7. The fourth-order valence-corrected chi connectivity index (χ4v) is 2.83. The average molecular weight is 329 g/mol. The van der Waals surface area contributed by atoms with Gasteiger partial charge in [-0.15, -0.1) is 0 Å². The second-order valence-corrected chi connectivity index (χ2v) is 6.40. The molecule has 0 unspecified atom stereocenters. The van der Waals surface area contributed by atoms with Gasteiger partial charge in [-0.3, -0.25) is 4.68 Å². The predicted octanol–water partition coefficient (Wildman–Crippen LogP) is 1.29. The van der Waals surface area contributed by atoms with Crippen molar-refractivity contribution in [3.8, 4) is 6.07 Å². The SMILES string of the molecule is CCS(=O)(=O)N=C1C=C(Br)c2c(C#N)cnn2C1. The molecular weight excluding hydrogens is 320 g/mol. The number of fused-ring (bicyclic) bond motifs is 1. The van der Waals surface area contributed by atoms with Crippen molar-refractivity contribution in [1.29, 1.82) is 5.26 Å². The summed E-state index contributed by atoms with van der Waals surface area (Å²) in [6, 6.07) is 2.03. The Labute approximate surface area is 113 Å². The third-order valence-electron chi connectivity index (χ3n) is 2.41. The molecule has 2 rings (SSSR count). The zero-order valence-corrected chi connectivity index (χ0v) is 11.9. The van der Waals surface area contributed by atoms with E-state index in [1.54, 1.807) is 10.8 Å². The van der Waals surface area contributed by atoms with Crippen LogP contribution in [0.3, 0.4) is 0 Å². The molecule has 0 spiro atoms. The number of sulfonamides is 1. The van der Waals surface area contributed by atoms with Gasteiger partial charge in [-0.05, 0) is 28.9 Å². The molecule has 18 heavy (non-hydrogen) atoms. The summed E-state index contributed by atoms with van der Waals surface area (Å²) in [7, 11) is -3.43. The molecule has 1 aliphatic heterocycles. The molecule has 1 aliphatic rings. The maximum absolute atomic E-state index is 11.4. The Morgan fingerprint density at radius 2 is 2.39 bits per heavy atom. The smallest absolute Gasteiger partial charge is 0.253 e. The Morgan fingerprint density at radius 1 is 1.67 bits per heavy atom. The Kier molecular flexibility index (Phi) is 3.36. The minimum atomic E-state index is -3.43. The molecule has 1 aromatic rings. The molecule has 0 amide bonds. The van der Waals surface area contributed by atoms with Crippen LogP contribution in [0.2, 0.25) is 0 Å². The third-order valence-corrected chi connectivity index (χ3v) is 4.26. The largest absolute Gasteiger partial charge is 0.257 e. The van der Waals surface area contributed by atoms with E-state index in [1.165, 1.54) is 13.1 Å². The lowest BCUT2D eigenvalue weighted by Crippen LogP contribution is -2.18. The van der Waals surface area contributed by atoms with Crippen molar-refractivity contribution in [3.63, 3.8) is 0 Å². The molecule has 0 saturated carbocycles. The molecule has 0 fully saturated rings. The Balaban J connectivity index is 2.48. The number of hydrogen-bond acceptors (Lipinski definition) is 4. The van der Waals surface area contributed by atoms with Gasteiger partial charge in [0.15, 0.2) is 0 Å². The highest BCUT2D eigenvalue weighted by atomic mass is 79.9. The number of halogens is 1. The van der Waals surface area contributed by atoms with Crippen molar-refractivity contribution in [3.05, 3.63) is 23.5 Å². The van der Waals surface area contributed by atoms with Gasteiger partial charge in [-0.1, -0.05) is 0 Å². The van der Waals surface area contributed by atoms with Crippen LogP contribution in [0.4, 0.5) is 0 Å². The van der Waals surface area contributed by atoms with Crippen molar-refractivity contribution in [2.75, 3.05) is 5.75 Å². The summed E-state index contributed by atoms with van der Waals surface area (Å²) in [6.07, 6.45) is 3.05. The van der Waals surface area contributed by atoms with Crippen molar-refractivity contribution in [2.45, 2.75) is 13.5 Å². The lowest BCUT2D eigenvalue weighted by molar-refractivity contribution is 0.598. The van der Waals surface area contributed by atoms with Crippen LogP contribution in [0, 0.1) is 11.3 Å². The van der Waals surface area contributed by atoms with Gasteiger partial charge in [0.1, 0.15) is 6.07 Å². The van der Waals surface area contributed by atoms with Crippen molar-refractivity contribution in [1.82, 2.24) is 9.78 Å². The molecule has 2 heterocycles. The lowest BCUT2D eigenvalue weighted by Gasteiger charge is -2.13. The minimum absolute atomic E-state index is 0.0443. The molecule has 0 saturated heterocycles. The molecule has 94 valence electrons. The van der Waals surface area contributed by atoms with E-state index in [4.69, 9.17) is 5.26 Å². The van der Waals surface area contributed by atoms with E-state index in [1.807, 2.05) is 6.07 Å². The Hall–Kier alpha value is -1.46. The van der Waals surface area contributed by atoms with E-state index in [0.717, 1.165) is 0 Å². The van der Waals surface area contributed by atoms with Crippen LogP contribution < -0.4 is 0 Å². The van der Waals surface area contributed by atoms with Gasteiger partial charge in [0.2, 0.25) is 0 Å². The van der Waals surface area contributed by atoms with E-state index in [2.05, 4.69) is 25.4 Å². The first-order valence-electron chi connectivity index (χ1n) is 5.12. The number of nitriles is 1. The maximum atomic E-state index is 11.4. The lowest BCUT2D eigenvalue weighted by atomic mass is 10.2. The zero-order valence-electron chi connectivity index (χ0n) is 9.46. The number of rotatable bonds is 2. The monoisotopic (exact) mass is 328 g/mol. The van der Waals surface area contributed by atoms with Gasteiger partial charge in [0.25, 0.3) is 10.0 Å². The number of nitrogens with zero attached hydrogens (tertiary/aromatic N) is 4. The first-order valence-corrected chi connectivity index (χ1v) is 7.52. The molecule has 0 aliphatic carbocycles. The van der Waals surface area contributed by atoms with Crippen molar-refractivity contribution in [2.24, 2.45) is 4.40 Å². The van der Waals surface area contributed by atoms with E-state index >= 15 is 0 Å². The van der Waals surface area contributed by atoms with Crippen LogP contribution in [0.1, 0.15) is 18.2 Å². The highest BCUT2D eigenvalue weighted by Crippen LogP contribution is 2.28. The molecule has 0 radical (unpaired) electrons. The molecule has 0 N–H and O–H groups in total. The Bertz CT molecular complexity index is 694. The van der Waals surface area contributed by atoms with E-state index in [9.17, 15) is 8.42 Å². The highest BCUT2D eigenvalue weighted by Gasteiger charge is 2.20. The van der Waals surface area contributed by atoms with Crippen LogP contribution in [-0.4, -0.2) is 29.7 Å². The fourth-order valence-electron chi connectivity index (χ4n) is 1.55. The van der Waals surface area contributed by atoms with Gasteiger partial charge < -0.3 is 0 Å². The van der Waals surface area contributed by atoms with Gasteiger partial charge in [0, 0.05) is 4.48 Å². The van der Waals surface area contributed by atoms with E-state index < -0.39 is 10.0 Å². The third kappa shape index (κ3) is 2.37. The molecule has 0 bridgehead atoms. The van der Waals surface area contributed by atoms with Crippen LogP contribution in [0.15, 0.2) is 16.7 Å². The topological polar surface area (TPSA) is 88.1 Å². The normalized spacial score (nSPS) is 17.2. The maximum Gasteiger partial charge on any atom is 0.253 e. The standard InChI is InChI=1S/C10H9BrN4O2S/c1-2-18(16,17)14-8-3-9(11)10-7(4-12)5-13-15(10)6-8/h3,5H,2,6H2,1H3. The second kappa shape index (κ2) is 4.66. The van der Waals surface area contributed by atoms with Crippen LogP contribution in [-0.2, 0) is 16.6 Å². The van der Waals surface area contributed by atoms with Gasteiger partial charge in [-0.2, -0.15) is 14.8 Å². The van der Waals surface area contributed by atoms with Crippen LogP contribution >= 0.6 is 15.9 Å². The molecule has 6 nitrogen and oxygen atoms in total. The van der Waals surface area contributed by atoms with Gasteiger partial charge >= 0.3 is 0 Å². The van der Waals surface area contributed by atoms with Crippen LogP contribution in [0.25, 0.3) is 4.48 Å². The van der Waals surface area contributed by atoms with Crippen molar-refractivity contribution >= 4 is 36.1 Å². The quantitative estimate of drug-likeness (QED) is 0.818. The molecule has 1 aromatic heterocycles. The summed E-state index contributed by atoms with van der Waals surface area (Å²) in [5.74, 6) is -0.0443. The van der Waals surface area contributed by atoms with Gasteiger partial charge in [0.05, 0.1) is 35.5 Å². The van der Waals surface area contributed by atoms with Crippen molar-refractivity contribution < 1.29 is 8.42 Å². The minimum Gasteiger partial charge on any atom is -0.257 e. The molecule has 8 heteroatoms. The van der Waals surface area contributed by atoms with E-state index in [0.29, 0.717) is 21.5 Å². The fraction of sp³-hybridized carbons (Fsp3) is 0.300. The van der Waals surface area contributed by atoms with Crippen LogP contribution in [0.5, 0.6) is 0 Å². The van der Waals surface area contributed by atoms with E-state index in [-0.39, 0.29) is 12.3 Å². The summed E-state index contributed by atoms with van der Waals surface area (Å²) in [5.41, 5.74) is 1.48. The molecular formula is C10H9BrN4O2S. The first kappa shape index (κ1) is 13.0. The molecule has 0 aromatic carbocycles. The number of hydrogen-bond donors (Lipinski definition) is 0. The first-order chi connectivity index (χ1) is 8.46. The highest BCUT2D eigenvalue weighted by molar-refractivity contribution is 9.15.